The summed E-state index contributed by atoms with van der Waals surface area (Å²) in [6, 6.07) is 33.5. The van der Waals surface area contributed by atoms with Crippen LogP contribution in [0.1, 0.15) is 54.4 Å². The van der Waals surface area contributed by atoms with Gasteiger partial charge in [-0.05, 0) is 103 Å². The smallest absolute Gasteiger partial charge is 0.415 e. The van der Waals surface area contributed by atoms with E-state index in [1.54, 1.807) is 44.4 Å². The first-order valence-corrected chi connectivity index (χ1v) is 19.5. The van der Waals surface area contributed by atoms with E-state index in [-0.39, 0.29) is 44.6 Å². The van der Waals surface area contributed by atoms with Gasteiger partial charge in [0.1, 0.15) is 29.6 Å². The lowest BCUT2D eigenvalue weighted by molar-refractivity contribution is -0.763. The number of piperidine rings is 1. The van der Waals surface area contributed by atoms with Crippen molar-refractivity contribution in [2.75, 3.05) is 33.4 Å². The number of phenols is 1. The van der Waals surface area contributed by atoms with Crippen LogP contribution in [-0.2, 0) is 33.9 Å². The number of aromatic hydroxyl groups is 1. The van der Waals surface area contributed by atoms with Crippen LogP contribution >= 0.6 is 0 Å². The molecule has 4 atom stereocenters. The summed E-state index contributed by atoms with van der Waals surface area (Å²) < 4.78 is 30.6. The zero-order valence-corrected chi connectivity index (χ0v) is 32.7. The highest BCUT2D eigenvalue weighted by molar-refractivity contribution is 5.89. The van der Waals surface area contributed by atoms with Gasteiger partial charge in [0.15, 0.2) is 0 Å². The predicted octanol–water partition coefficient (Wildman–Crippen LogP) is 8.00. The first kappa shape index (κ1) is 41.7. The molecule has 0 saturated carbocycles. The van der Waals surface area contributed by atoms with E-state index in [1.165, 1.54) is 4.90 Å². The maximum absolute atomic E-state index is 13.7. The summed E-state index contributed by atoms with van der Waals surface area (Å²) in [5, 5.41) is 32.0. The Morgan fingerprint density at radius 1 is 0.845 bits per heavy atom. The quantitative estimate of drug-likeness (QED) is 0.0474. The number of aliphatic hydroxyl groups is 1. The second kappa shape index (κ2) is 20.5. The van der Waals surface area contributed by atoms with Crippen molar-refractivity contribution < 1.29 is 48.6 Å². The van der Waals surface area contributed by atoms with Crippen molar-refractivity contribution in [2.45, 2.75) is 70.1 Å². The number of benzene rings is 5. The zero-order valence-electron chi connectivity index (χ0n) is 32.7. The molecular weight excluding hydrogens is 744 g/mol. The zero-order chi connectivity index (χ0) is 40.9. The fraction of sp³-hybridized carbons (Fsp3) is 0.356. The van der Waals surface area contributed by atoms with E-state index >= 15 is 0 Å². The molecule has 6 rings (SSSR count). The average Bonchev–Trinajstić information content (AvgIpc) is 3.23. The molecule has 1 aliphatic heterocycles. The second-order valence-corrected chi connectivity index (χ2v) is 14.4. The molecule has 1 aliphatic rings. The molecule has 5 aromatic carbocycles. The fourth-order valence-electron chi connectivity index (χ4n) is 7.16. The number of aliphatic hydroxyl groups excluding tert-OH is 1. The van der Waals surface area contributed by atoms with Gasteiger partial charge in [-0.3, -0.25) is 0 Å². The molecule has 1 fully saturated rings. The molecular formula is C45H50N2O11. The van der Waals surface area contributed by atoms with Gasteiger partial charge in [0.05, 0.1) is 58.3 Å². The molecule has 0 aromatic heterocycles. The third-order valence-electron chi connectivity index (χ3n) is 10.1. The first-order chi connectivity index (χ1) is 28.2. The van der Waals surface area contributed by atoms with Gasteiger partial charge in [-0.1, -0.05) is 66.7 Å². The van der Waals surface area contributed by atoms with Gasteiger partial charge in [-0.25, -0.2) is 4.79 Å². The number of methoxy groups -OCH3 is 1. The molecule has 0 spiro atoms. The van der Waals surface area contributed by atoms with Crippen molar-refractivity contribution >= 4 is 16.9 Å². The summed E-state index contributed by atoms with van der Waals surface area (Å²) in [6.07, 6.45) is 1.07. The number of hydrogen-bond donors (Lipinski definition) is 2. The summed E-state index contributed by atoms with van der Waals surface area (Å²) in [4.78, 5) is 30.3. The third kappa shape index (κ3) is 11.6. The van der Waals surface area contributed by atoms with E-state index < -0.39 is 29.5 Å². The number of phenolic OH excluding ortho intramolecular Hbond substituents is 1. The highest BCUT2D eigenvalue weighted by Gasteiger charge is 2.42. The van der Waals surface area contributed by atoms with Crippen LogP contribution in [-0.4, -0.2) is 78.0 Å². The van der Waals surface area contributed by atoms with Gasteiger partial charge in [-0.15, -0.1) is 10.1 Å². The number of amides is 1. The fourth-order valence-corrected chi connectivity index (χ4v) is 7.16. The van der Waals surface area contributed by atoms with Crippen LogP contribution in [0.3, 0.4) is 0 Å². The van der Waals surface area contributed by atoms with E-state index in [4.69, 9.17) is 23.7 Å². The molecule has 306 valence electrons. The number of hydrogen-bond acceptors (Lipinski definition) is 11. The van der Waals surface area contributed by atoms with Crippen LogP contribution in [0.5, 0.6) is 23.0 Å². The molecule has 2 N–H and O–H groups in total. The Morgan fingerprint density at radius 3 is 2.28 bits per heavy atom. The maximum atomic E-state index is 13.7. The van der Waals surface area contributed by atoms with Crippen molar-refractivity contribution in [2.24, 2.45) is 0 Å². The molecule has 0 bridgehead atoms. The number of unbranched alkanes of at least 4 members (excludes halogenated alkanes) is 2. The van der Waals surface area contributed by atoms with Crippen LogP contribution in [0.25, 0.3) is 10.8 Å². The number of nitrogens with zero attached hydrogens (tertiary/aromatic N) is 2. The van der Waals surface area contributed by atoms with Crippen LogP contribution in [0, 0.1) is 10.1 Å². The molecule has 5 aromatic rings. The Labute approximate surface area is 337 Å². The topological polar surface area (TPSA) is 159 Å². The number of rotatable bonds is 19. The van der Waals surface area contributed by atoms with Crippen molar-refractivity contribution in [1.29, 1.82) is 0 Å². The van der Waals surface area contributed by atoms with E-state index in [2.05, 4.69) is 10.9 Å². The van der Waals surface area contributed by atoms with Crippen LogP contribution < -0.4 is 14.2 Å². The van der Waals surface area contributed by atoms with Crippen molar-refractivity contribution in [3.8, 4) is 23.0 Å². The van der Waals surface area contributed by atoms with Gasteiger partial charge in [-0.2, -0.15) is 0 Å². The number of fused-ring (bicyclic) bond motifs is 1. The molecule has 0 aliphatic carbocycles. The Balaban J connectivity index is 1.18. The van der Waals surface area contributed by atoms with E-state index in [1.807, 2.05) is 72.8 Å². The molecule has 1 heterocycles. The van der Waals surface area contributed by atoms with Crippen molar-refractivity contribution in [3.05, 3.63) is 142 Å². The molecule has 1 amide bonds. The first-order valence-electron chi connectivity index (χ1n) is 19.5. The summed E-state index contributed by atoms with van der Waals surface area (Å²) in [5.41, 5.74) is 3.30. The largest absolute Gasteiger partial charge is 0.508 e. The standard InChI is InChI=1S/C45H50N2O11/c1-31(48)28-55-42-26-46(45(50)58-38-19-15-32(16-20-38)30-57-47(51)52)27-43(56-29-33-24-36-12-5-7-13-39(36)41(25-33)53-2)44(42)35-17-21-37(22-18-35)54-23-9-3-4-10-34-11-6-8-14-40(34)49/h5-8,11-22,24-25,31,42-44,48-49H,3-4,9-10,23,26-30H2,1-2H3. The molecule has 13 nitrogen and oxygen atoms in total. The van der Waals surface area contributed by atoms with Crippen molar-refractivity contribution in [3.63, 3.8) is 0 Å². The minimum atomic E-state index is -0.866. The molecule has 58 heavy (non-hydrogen) atoms. The van der Waals surface area contributed by atoms with Crippen LogP contribution in [0.4, 0.5) is 4.79 Å². The second-order valence-electron chi connectivity index (χ2n) is 14.4. The number of carbonyl (C=O) groups excluding carboxylic acids is 1. The van der Waals surface area contributed by atoms with Gasteiger partial charge in [0.2, 0.25) is 0 Å². The van der Waals surface area contributed by atoms with E-state index in [0.717, 1.165) is 64.6 Å². The number of para-hydroxylation sites is 1. The minimum absolute atomic E-state index is 0.0391. The van der Waals surface area contributed by atoms with E-state index in [9.17, 15) is 25.1 Å². The third-order valence-corrected chi connectivity index (χ3v) is 10.1. The summed E-state index contributed by atoms with van der Waals surface area (Å²) in [7, 11) is 1.64. The summed E-state index contributed by atoms with van der Waals surface area (Å²) in [6.45, 7) is 2.56. The Morgan fingerprint density at radius 2 is 1.55 bits per heavy atom. The normalized spacial score (nSPS) is 17.1. The average molecular weight is 795 g/mol. The Bertz CT molecular complexity index is 2090. The van der Waals surface area contributed by atoms with Gasteiger partial charge in [0.25, 0.3) is 5.09 Å². The Kier molecular flexibility index (Phi) is 14.8. The SMILES string of the molecule is COc1cc(COC2CN(C(=O)Oc3ccc(CO[N+](=O)[O-])cc3)CC(OCC(C)O)C2c2ccc(OCCCCCc3ccccc3O)cc2)cc2ccccc12. The van der Waals surface area contributed by atoms with E-state index in [0.29, 0.717) is 17.9 Å². The maximum Gasteiger partial charge on any atom is 0.415 e. The highest BCUT2D eigenvalue weighted by Crippen LogP contribution is 2.36. The molecule has 13 heteroatoms. The number of aryl methyl sites for hydroxylation is 1. The number of carbonyl (C=O) groups is 1. The molecule has 1 saturated heterocycles. The monoisotopic (exact) mass is 794 g/mol. The lowest BCUT2D eigenvalue weighted by Crippen LogP contribution is -2.55. The highest BCUT2D eigenvalue weighted by atomic mass is 16.9. The van der Waals surface area contributed by atoms with Gasteiger partial charge in [0, 0.05) is 11.3 Å². The van der Waals surface area contributed by atoms with Crippen LogP contribution in [0.2, 0.25) is 0 Å². The summed E-state index contributed by atoms with van der Waals surface area (Å²) >= 11 is 0. The number of ether oxygens (including phenoxy) is 5. The summed E-state index contributed by atoms with van der Waals surface area (Å²) in [5.74, 6) is 1.70. The lowest BCUT2D eigenvalue weighted by Gasteiger charge is -2.43. The number of likely N-dealkylation sites (tertiary alicyclic amines) is 1. The van der Waals surface area contributed by atoms with Crippen LogP contribution in [0.15, 0.2) is 109 Å². The minimum Gasteiger partial charge on any atom is -0.508 e. The van der Waals surface area contributed by atoms with Gasteiger partial charge < -0.3 is 43.6 Å². The Hall–Kier alpha value is -5.89. The lowest BCUT2D eigenvalue weighted by atomic mass is 9.84. The molecule has 0 radical (unpaired) electrons. The molecule has 4 unspecified atom stereocenters. The van der Waals surface area contributed by atoms with Gasteiger partial charge >= 0.3 is 6.09 Å². The predicted molar refractivity (Wildman–Crippen MR) is 217 cm³/mol. The van der Waals surface area contributed by atoms with Crippen molar-refractivity contribution in [1.82, 2.24) is 4.90 Å².